The Morgan fingerprint density at radius 2 is 0.550 bits per heavy atom. The molecule has 0 saturated heterocycles. The second kappa shape index (κ2) is 61.9. The van der Waals surface area contributed by atoms with Gasteiger partial charge in [0, 0.05) is 17.1 Å². The standard InChI is InChI=1S/2C5H5.2CHO.2CO.2Fe/c2*1-2-4-5-3-1;4*1-2;;/h2*1-5H;2*1H;;;;/q;;2*-1;;;;+2. The van der Waals surface area contributed by atoms with Crippen molar-refractivity contribution < 1.29 is 53.0 Å². The van der Waals surface area contributed by atoms with Crippen molar-refractivity contribution in [3.63, 3.8) is 0 Å². The van der Waals surface area contributed by atoms with Crippen LogP contribution in [-0.4, -0.2) is 13.6 Å². The smallest absolute Gasteiger partial charge is 0.545 e. The Kier molecular flexibility index (Phi) is 114. The summed E-state index contributed by atoms with van der Waals surface area (Å²) in [5, 5.41) is 0. The zero-order chi connectivity index (χ0) is 15.1. The number of hydrogen-bond donors (Lipinski definition) is 0. The fourth-order valence-corrected chi connectivity index (χ4v) is 0.642. The maximum Gasteiger partial charge on any atom is 2.00 e. The molecular weight excluding hydrogens is 344 g/mol. The Labute approximate surface area is 144 Å². The van der Waals surface area contributed by atoms with E-state index in [1.54, 1.807) is 0 Å². The molecule has 2 aliphatic rings. The Hall–Kier alpha value is -0.141. The molecule has 0 heterocycles. The van der Waals surface area contributed by atoms with Crippen LogP contribution < -0.4 is 0 Å². The molecule has 6 heteroatoms. The van der Waals surface area contributed by atoms with Gasteiger partial charge in [0.2, 0.25) is 0 Å². The molecular formula is C14H12Fe2O4. The summed E-state index contributed by atoms with van der Waals surface area (Å²) >= 11 is 0. The predicted molar refractivity (Wildman–Crippen MR) is 64.4 cm³/mol. The van der Waals surface area contributed by atoms with Crippen molar-refractivity contribution in [2.75, 3.05) is 0 Å². The second-order valence-corrected chi connectivity index (χ2v) is 1.92. The van der Waals surface area contributed by atoms with Crippen LogP contribution in [0.1, 0.15) is 0 Å². The summed E-state index contributed by atoms with van der Waals surface area (Å²) in [7, 11) is 0. The Balaban J connectivity index is -0.0000000311. The van der Waals surface area contributed by atoms with Gasteiger partial charge in [-0.15, -0.1) is 0 Å². The van der Waals surface area contributed by atoms with E-state index < -0.39 is 0 Å². The van der Waals surface area contributed by atoms with Crippen LogP contribution in [0.3, 0.4) is 0 Å². The van der Waals surface area contributed by atoms with Gasteiger partial charge in [0.1, 0.15) is 0 Å². The molecule has 2 fully saturated rings. The van der Waals surface area contributed by atoms with Crippen molar-refractivity contribution >= 4 is 13.6 Å². The third kappa shape index (κ3) is 52.2. The van der Waals surface area contributed by atoms with E-state index >= 15 is 0 Å². The maximum atomic E-state index is 7.75. The van der Waals surface area contributed by atoms with Crippen LogP contribution in [0.15, 0.2) is 0 Å². The van der Waals surface area contributed by atoms with Gasteiger partial charge in [-0.1, -0.05) is 0 Å². The van der Waals surface area contributed by atoms with Crippen molar-refractivity contribution in [3.8, 4) is 0 Å². The molecule has 10 radical (unpaired) electrons. The third-order valence-electron chi connectivity index (χ3n) is 1.11. The van der Waals surface area contributed by atoms with Crippen LogP contribution in [0, 0.1) is 77.5 Å². The van der Waals surface area contributed by atoms with Crippen molar-refractivity contribution in [1.29, 1.82) is 0 Å². The maximum absolute atomic E-state index is 7.75. The Morgan fingerprint density at radius 1 is 0.500 bits per heavy atom. The quantitative estimate of drug-likeness (QED) is 0.285. The Bertz CT molecular complexity index is 123. The first kappa shape index (κ1) is 36.8. The first-order valence-electron chi connectivity index (χ1n) is 4.21. The molecule has 0 aromatic carbocycles. The van der Waals surface area contributed by atoms with Crippen LogP contribution >= 0.6 is 0 Å². The fraction of sp³-hybridized carbons (Fsp3) is 0. The first-order valence-corrected chi connectivity index (χ1v) is 4.21. The third-order valence-corrected chi connectivity index (χ3v) is 1.11. The minimum absolute atomic E-state index is 0. The SMILES string of the molecule is [C-]#[O+].[C-]#[O+].[CH-]=O.[CH-]=O.[CH]1[CH][CH][CH][CH]1.[CH]1[CH][CH][CH][CH]1.[Fe+2].[Fe]. The molecule has 0 aromatic heterocycles. The van der Waals surface area contributed by atoms with Crippen LogP contribution in [-0.2, 0) is 53.0 Å². The molecule has 0 amide bonds. The molecule has 0 aliphatic heterocycles. The van der Waals surface area contributed by atoms with E-state index in [2.05, 4.69) is 26.9 Å². The van der Waals surface area contributed by atoms with Gasteiger partial charge >= 0.3 is 39.7 Å². The molecule has 2 saturated carbocycles. The normalized spacial score (nSPS) is 12.6. The average Bonchev–Trinajstić information content (AvgIpc) is 3.25. The van der Waals surface area contributed by atoms with E-state index in [1.165, 1.54) is 0 Å². The summed E-state index contributed by atoms with van der Waals surface area (Å²) in [6.07, 6.45) is 20.0. The summed E-state index contributed by atoms with van der Waals surface area (Å²) in [6, 6.07) is 0. The monoisotopic (exact) mass is 356 g/mol. The van der Waals surface area contributed by atoms with E-state index in [4.69, 9.17) is 18.9 Å². The first-order chi connectivity index (χ1) is 9.00. The van der Waals surface area contributed by atoms with Crippen molar-refractivity contribution in [3.05, 3.63) is 77.5 Å². The summed E-state index contributed by atoms with van der Waals surface area (Å²) in [6.45, 7) is 15.5. The summed E-state index contributed by atoms with van der Waals surface area (Å²) in [4.78, 5) is 15.5. The van der Waals surface area contributed by atoms with Gasteiger partial charge in [-0.05, 0) is 64.2 Å². The second-order valence-electron chi connectivity index (χ2n) is 1.92. The zero-order valence-corrected chi connectivity index (χ0v) is 12.5. The number of rotatable bonds is 0. The molecule has 4 nitrogen and oxygen atoms in total. The van der Waals surface area contributed by atoms with Gasteiger partial charge < -0.3 is 9.59 Å². The largest absolute Gasteiger partial charge is 2.00 e. The average molecular weight is 356 g/mol. The zero-order valence-electron chi connectivity index (χ0n) is 10.3. The van der Waals surface area contributed by atoms with Crippen molar-refractivity contribution in [2.24, 2.45) is 0 Å². The number of carbonyl (C=O) groups excluding carboxylic acids is 2. The fourth-order valence-electron chi connectivity index (χ4n) is 0.642. The molecule has 0 N–H and O–H groups in total. The summed E-state index contributed by atoms with van der Waals surface area (Å²) < 4.78 is 15.0. The van der Waals surface area contributed by atoms with Crippen LogP contribution in [0.2, 0.25) is 0 Å². The topological polar surface area (TPSA) is 73.9 Å². The van der Waals surface area contributed by atoms with Crippen LogP contribution in [0.5, 0.6) is 0 Å². The van der Waals surface area contributed by atoms with Crippen molar-refractivity contribution in [2.45, 2.75) is 0 Å². The van der Waals surface area contributed by atoms with E-state index in [0.717, 1.165) is 0 Å². The van der Waals surface area contributed by atoms with Crippen LogP contribution in [0.4, 0.5) is 0 Å². The predicted octanol–water partition coefficient (Wildman–Crippen LogP) is 1.41. The molecule has 0 bridgehead atoms. The summed E-state index contributed by atoms with van der Waals surface area (Å²) in [5.41, 5.74) is 0. The minimum Gasteiger partial charge on any atom is -0.545 e. The van der Waals surface area contributed by atoms with Crippen molar-refractivity contribution in [1.82, 2.24) is 0 Å². The number of hydrogen-bond acceptors (Lipinski definition) is 2. The molecule has 108 valence electrons. The van der Waals surface area contributed by atoms with Gasteiger partial charge in [-0.2, -0.15) is 0 Å². The van der Waals surface area contributed by atoms with Gasteiger partial charge in [-0.25, -0.2) is 0 Å². The van der Waals surface area contributed by atoms with E-state index in [0.29, 0.717) is 0 Å². The molecule has 2 aliphatic carbocycles. The van der Waals surface area contributed by atoms with E-state index in [9.17, 15) is 0 Å². The van der Waals surface area contributed by atoms with Gasteiger partial charge in [0.15, 0.2) is 0 Å². The molecule has 0 atom stereocenters. The molecule has 0 unspecified atom stereocenters. The molecule has 2 rings (SSSR count). The van der Waals surface area contributed by atoms with E-state index in [1.807, 2.05) is 64.2 Å². The van der Waals surface area contributed by atoms with Gasteiger partial charge in [-0.3, -0.25) is 13.6 Å². The molecule has 20 heavy (non-hydrogen) atoms. The molecule has 0 spiro atoms. The summed E-state index contributed by atoms with van der Waals surface area (Å²) in [5.74, 6) is 0. The van der Waals surface area contributed by atoms with E-state index in [-0.39, 0.29) is 34.1 Å². The van der Waals surface area contributed by atoms with Gasteiger partial charge in [0.25, 0.3) is 0 Å². The minimum atomic E-state index is 0. The van der Waals surface area contributed by atoms with Gasteiger partial charge in [0.05, 0.1) is 0 Å². The molecule has 0 aromatic rings. The Morgan fingerprint density at radius 3 is 0.600 bits per heavy atom. The van der Waals surface area contributed by atoms with Crippen LogP contribution in [0.25, 0.3) is 0 Å².